The molecule has 0 radical (unpaired) electrons. The lowest BCUT2D eigenvalue weighted by Gasteiger charge is -2.41. The second-order valence-corrected chi connectivity index (χ2v) is 8.21. The maximum absolute atomic E-state index is 11.2. The fraction of sp³-hybridized carbons (Fsp3) is 0.609. The lowest BCUT2D eigenvalue weighted by Crippen LogP contribution is -2.46. The van der Waals surface area contributed by atoms with Gasteiger partial charge in [0.25, 0.3) is 0 Å². The molecule has 2 saturated heterocycles. The van der Waals surface area contributed by atoms with Crippen molar-refractivity contribution in [1.82, 2.24) is 25.2 Å². The molecule has 3 fully saturated rings. The van der Waals surface area contributed by atoms with Gasteiger partial charge in [0.2, 0.25) is 0 Å². The van der Waals surface area contributed by atoms with Gasteiger partial charge in [-0.25, -0.2) is 9.97 Å². The minimum Gasteiger partial charge on any atom is -0.384 e. The van der Waals surface area contributed by atoms with Gasteiger partial charge >= 0.3 is 0 Å². The largest absolute Gasteiger partial charge is 0.384 e. The van der Waals surface area contributed by atoms with Crippen LogP contribution in [0.15, 0.2) is 36.8 Å². The molecule has 0 aromatic carbocycles. The van der Waals surface area contributed by atoms with Crippen molar-refractivity contribution in [3.05, 3.63) is 42.5 Å². The van der Waals surface area contributed by atoms with Gasteiger partial charge in [-0.2, -0.15) is 0 Å². The maximum atomic E-state index is 11.2. The number of hydrogen-bond acceptors (Lipinski definition) is 6. The summed E-state index contributed by atoms with van der Waals surface area (Å²) in [6, 6.07) is 7.73. The van der Waals surface area contributed by atoms with Gasteiger partial charge in [0.05, 0.1) is 5.69 Å². The zero-order valence-corrected chi connectivity index (χ0v) is 17.6. The van der Waals surface area contributed by atoms with E-state index in [9.17, 15) is 5.11 Å². The molecule has 1 aliphatic carbocycles. The van der Waals surface area contributed by atoms with Gasteiger partial charge < -0.3 is 10.4 Å². The van der Waals surface area contributed by atoms with Crippen molar-refractivity contribution in [2.24, 2.45) is 0 Å². The van der Waals surface area contributed by atoms with Gasteiger partial charge in [-0.1, -0.05) is 13.8 Å². The summed E-state index contributed by atoms with van der Waals surface area (Å²) in [5.74, 6) is 0.668. The number of nitrogens with zero attached hydrogens (tertiary/aromatic N) is 4. The highest BCUT2D eigenvalue weighted by Gasteiger charge is 2.44. The van der Waals surface area contributed by atoms with Crippen molar-refractivity contribution in [2.75, 3.05) is 13.1 Å². The first-order valence-electron chi connectivity index (χ1n) is 11.2. The van der Waals surface area contributed by atoms with Crippen LogP contribution in [0.25, 0.3) is 11.4 Å². The zero-order valence-electron chi connectivity index (χ0n) is 17.6. The van der Waals surface area contributed by atoms with Crippen LogP contribution in [0.5, 0.6) is 0 Å². The molecule has 29 heavy (non-hydrogen) atoms. The quantitative estimate of drug-likeness (QED) is 0.832. The van der Waals surface area contributed by atoms with E-state index in [0.29, 0.717) is 23.9 Å². The van der Waals surface area contributed by atoms with Gasteiger partial charge in [0.15, 0.2) is 5.82 Å². The molecule has 2 aromatic rings. The molecular weight excluding hydrogens is 362 g/mol. The van der Waals surface area contributed by atoms with E-state index < -0.39 is 5.60 Å². The molecule has 0 bridgehead atoms. The third-order valence-electron chi connectivity index (χ3n) is 6.75. The van der Waals surface area contributed by atoms with Crippen LogP contribution in [0.2, 0.25) is 0 Å². The number of pyridine rings is 1. The fourth-order valence-corrected chi connectivity index (χ4v) is 5.27. The summed E-state index contributed by atoms with van der Waals surface area (Å²) in [7, 11) is 0. The molecule has 2 aliphatic heterocycles. The van der Waals surface area contributed by atoms with Crippen molar-refractivity contribution >= 4 is 0 Å². The number of aliphatic hydroxyl groups is 1. The molecule has 2 unspecified atom stereocenters. The molecule has 3 aliphatic rings. The van der Waals surface area contributed by atoms with E-state index in [1.165, 1.54) is 19.4 Å². The Bertz CT molecular complexity index is 774. The minimum absolute atomic E-state index is 0.608. The summed E-state index contributed by atoms with van der Waals surface area (Å²) >= 11 is 0. The number of likely N-dealkylation sites (tertiary alicyclic amines) is 1. The lowest BCUT2D eigenvalue weighted by molar-refractivity contribution is -0.0301. The molecule has 2 N–H and O–H groups in total. The predicted octanol–water partition coefficient (Wildman–Crippen LogP) is 3.13. The summed E-state index contributed by atoms with van der Waals surface area (Å²) in [6.07, 6.45) is 11.5. The average Bonchev–Trinajstić information content (AvgIpc) is 3.41. The Morgan fingerprint density at radius 1 is 1.03 bits per heavy atom. The highest BCUT2D eigenvalue weighted by Crippen LogP contribution is 2.40. The number of fused-ring (bicyclic) bond motifs is 1. The van der Waals surface area contributed by atoms with Crippen LogP contribution in [0.3, 0.4) is 0 Å². The van der Waals surface area contributed by atoms with Crippen LogP contribution in [-0.2, 0) is 5.60 Å². The van der Waals surface area contributed by atoms with E-state index in [4.69, 9.17) is 0 Å². The van der Waals surface area contributed by atoms with Crippen molar-refractivity contribution in [3.8, 4) is 11.4 Å². The molecule has 1 saturated carbocycles. The van der Waals surface area contributed by atoms with Gasteiger partial charge in [-0.3, -0.25) is 9.88 Å². The molecule has 5 rings (SSSR count). The first-order chi connectivity index (χ1) is 14.2. The van der Waals surface area contributed by atoms with E-state index in [-0.39, 0.29) is 0 Å². The second kappa shape index (κ2) is 8.86. The average molecular weight is 396 g/mol. The summed E-state index contributed by atoms with van der Waals surface area (Å²) in [4.78, 5) is 15.8. The van der Waals surface area contributed by atoms with Crippen molar-refractivity contribution in [1.29, 1.82) is 0 Å². The molecule has 0 amide bonds. The molecule has 2 atom stereocenters. The first kappa shape index (κ1) is 20.4. The van der Waals surface area contributed by atoms with Crippen LogP contribution >= 0.6 is 0 Å². The van der Waals surface area contributed by atoms with Crippen LogP contribution in [0.4, 0.5) is 0 Å². The highest BCUT2D eigenvalue weighted by molar-refractivity contribution is 5.53. The Morgan fingerprint density at radius 2 is 1.79 bits per heavy atom. The molecule has 2 aromatic heterocycles. The van der Waals surface area contributed by atoms with Gasteiger partial charge in [0.1, 0.15) is 5.60 Å². The number of aromatic nitrogens is 3. The monoisotopic (exact) mass is 395 g/mol. The topological polar surface area (TPSA) is 74.2 Å². The summed E-state index contributed by atoms with van der Waals surface area (Å²) in [5.41, 5.74) is 0.857. The Balaban J connectivity index is 0.000000994. The van der Waals surface area contributed by atoms with Gasteiger partial charge in [-0.05, 0) is 63.3 Å². The molecule has 156 valence electrons. The van der Waals surface area contributed by atoms with Crippen molar-refractivity contribution in [2.45, 2.75) is 76.1 Å². The Morgan fingerprint density at radius 3 is 2.48 bits per heavy atom. The van der Waals surface area contributed by atoms with E-state index in [1.807, 2.05) is 26.0 Å². The minimum atomic E-state index is -0.806. The summed E-state index contributed by atoms with van der Waals surface area (Å²) < 4.78 is 0. The number of rotatable bonds is 3. The van der Waals surface area contributed by atoms with Crippen molar-refractivity contribution in [3.63, 3.8) is 0 Å². The normalized spacial score (nSPS) is 31.8. The lowest BCUT2D eigenvalue weighted by atomic mass is 9.79. The highest BCUT2D eigenvalue weighted by atomic mass is 16.3. The third kappa shape index (κ3) is 4.06. The molecule has 6 heteroatoms. The van der Waals surface area contributed by atoms with Crippen molar-refractivity contribution < 1.29 is 5.11 Å². The first-order valence-corrected chi connectivity index (χ1v) is 11.2. The number of nitrogens with one attached hydrogen (secondary N) is 1. The number of hydrogen-bond donors (Lipinski definition) is 2. The van der Waals surface area contributed by atoms with E-state index in [2.05, 4.69) is 25.2 Å². The Kier molecular flexibility index (Phi) is 6.23. The van der Waals surface area contributed by atoms with Crippen LogP contribution in [-0.4, -0.2) is 56.2 Å². The zero-order chi connectivity index (χ0) is 20.3. The van der Waals surface area contributed by atoms with E-state index in [1.54, 1.807) is 24.7 Å². The molecular formula is C23H33N5O. The second-order valence-electron chi connectivity index (χ2n) is 8.21. The fourth-order valence-electron chi connectivity index (χ4n) is 5.27. The predicted molar refractivity (Wildman–Crippen MR) is 114 cm³/mol. The summed E-state index contributed by atoms with van der Waals surface area (Å²) in [5, 5.41) is 14.9. The van der Waals surface area contributed by atoms with Gasteiger partial charge in [-0.15, -0.1) is 0 Å². The smallest absolute Gasteiger partial charge is 0.160 e. The van der Waals surface area contributed by atoms with E-state index >= 15 is 0 Å². The molecule has 0 spiro atoms. The maximum Gasteiger partial charge on any atom is 0.160 e. The standard InChI is InChI=1S/C21H27N5O.C2H6/c27-21(19-3-2-15(14-25-19)20-23-10-1-11-24-20)8-4-16(5-9-21)26-13-7-17-18(26)6-12-22-17;1-2/h1-3,10-11,14,16-18,22,27H,4-9,12-13H2;1-2H3. The molecule has 6 nitrogen and oxygen atoms in total. The SMILES string of the molecule is CC.OC1(c2ccc(-c3ncccn3)cn2)CCC(N2CCC3NCCC32)CC1. The Hall–Kier alpha value is -1.89. The van der Waals surface area contributed by atoms with Crippen LogP contribution in [0, 0.1) is 0 Å². The van der Waals surface area contributed by atoms with Crippen LogP contribution in [0.1, 0.15) is 58.1 Å². The Labute approximate surface area is 173 Å². The molecule has 4 heterocycles. The van der Waals surface area contributed by atoms with Crippen LogP contribution < -0.4 is 5.32 Å². The summed E-state index contributed by atoms with van der Waals surface area (Å²) in [6.45, 7) is 6.36. The van der Waals surface area contributed by atoms with E-state index in [0.717, 1.165) is 43.5 Å². The third-order valence-corrected chi connectivity index (χ3v) is 6.75. The van der Waals surface area contributed by atoms with Gasteiger partial charge in [0, 0.05) is 48.8 Å².